The predicted molar refractivity (Wildman–Crippen MR) is 62.7 cm³/mol. The summed E-state index contributed by atoms with van der Waals surface area (Å²) in [4.78, 5) is 24.6. The molecule has 1 aliphatic carbocycles. The molecule has 2 atom stereocenters. The van der Waals surface area contributed by atoms with E-state index in [1.54, 1.807) is 4.90 Å². The molecule has 0 aromatic rings. The maximum absolute atomic E-state index is 12.0. The van der Waals surface area contributed by atoms with Crippen LogP contribution in [0.4, 0.5) is 4.79 Å². The average Bonchev–Trinajstić information content (AvgIpc) is 2.22. The Morgan fingerprint density at radius 1 is 1.29 bits per heavy atom. The van der Waals surface area contributed by atoms with Crippen molar-refractivity contribution in [2.75, 3.05) is 6.54 Å². The Kier molecular flexibility index (Phi) is 3.54. The minimum atomic E-state index is -0.740. The fourth-order valence-electron chi connectivity index (χ4n) is 2.51. The lowest BCUT2D eigenvalue weighted by atomic mass is 9.91. The maximum atomic E-state index is 12.0. The Morgan fingerprint density at radius 2 is 2.00 bits per heavy atom. The molecule has 0 bridgehead atoms. The number of urea groups is 1. The van der Waals surface area contributed by atoms with Crippen molar-refractivity contribution >= 4 is 12.0 Å². The zero-order chi connectivity index (χ0) is 12.4. The molecule has 1 saturated carbocycles. The largest absolute Gasteiger partial charge is 0.481 e. The predicted octanol–water partition coefficient (Wildman–Crippen LogP) is 1.43. The molecule has 2 fully saturated rings. The van der Waals surface area contributed by atoms with Crippen LogP contribution < -0.4 is 5.32 Å². The van der Waals surface area contributed by atoms with Gasteiger partial charge in [-0.3, -0.25) is 4.79 Å². The number of hydrogen-bond acceptors (Lipinski definition) is 2. The van der Waals surface area contributed by atoms with Crippen molar-refractivity contribution in [3.63, 3.8) is 0 Å². The summed E-state index contributed by atoms with van der Waals surface area (Å²) in [5, 5.41) is 12.0. The first-order valence-corrected chi connectivity index (χ1v) is 6.38. The molecular weight excluding hydrogens is 220 g/mol. The Labute approximate surface area is 101 Å². The molecule has 2 aliphatic rings. The molecule has 0 aromatic carbocycles. The fraction of sp³-hybridized carbons (Fsp3) is 0.833. The average molecular weight is 240 g/mol. The van der Waals surface area contributed by atoms with Crippen LogP contribution >= 0.6 is 0 Å². The van der Waals surface area contributed by atoms with Gasteiger partial charge in [0.2, 0.25) is 0 Å². The molecule has 2 N–H and O–H groups in total. The third-order valence-electron chi connectivity index (χ3n) is 3.92. The van der Waals surface area contributed by atoms with Gasteiger partial charge in [0.1, 0.15) is 0 Å². The van der Waals surface area contributed by atoms with E-state index in [4.69, 9.17) is 5.11 Å². The first-order valence-electron chi connectivity index (χ1n) is 6.38. The highest BCUT2D eigenvalue weighted by atomic mass is 16.4. The van der Waals surface area contributed by atoms with Crippen molar-refractivity contribution in [1.82, 2.24) is 10.2 Å². The van der Waals surface area contributed by atoms with Crippen LogP contribution in [0.15, 0.2) is 0 Å². The van der Waals surface area contributed by atoms with Crippen molar-refractivity contribution in [2.45, 2.75) is 51.1 Å². The number of carboxylic acid groups (broad SMARTS) is 1. The number of nitrogens with one attached hydrogen (secondary N) is 1. The van der Waals surface area contributed by atoms with Crippen molar-refractivity contribution < 1.29 is 14.7 Å². The van der Waals surface area contributed by atoms with Crippen molar-refractivity contribution in [3.8, 4) is 0 Å². The van der Waals surface area contributed by atoms with E-state index >= 15 is 0 Å². The van der Waals surface area contributed by atoms with Crippen LogP contribution in [0.1, 0.15) is 39.0 Å². The number of carboxylic acids is 1. The van der Waals surface area contributed by atoms with Crippen LogP contribution in [0.5, 0.6) is 0 Å². The summed E-state index contributed by atoms with van der Waals surface area (Å²) in [6.45, 7) is 2.48. The number of carbonyl (C=O) groups excluding carboxylic acids is 1. The lowest BCUT2D eigenvalue weighted by Gasteiger charge is -2.38. The molecule has 5 nitrogen and oxygen atoms in total. The molecule has 96 valence electrons. The molecule has 0 aromatic heterocycles. The molecule has 5 heteroatoms. The SMILES string of the molecule is CC1CC(C(=O)O)CCN1C(=O)NC1CCC1. The van der Waals surface area contributed by atoms with E-state index in [0.717, 1.165) is 12.8 Å². The summed E-state index contributed by atoms with van der Waals surface area (Å²) in [5.74, 6) is -1.03. The second-order valence-electron chi connectivity index (χ2n) is 5.18. The lowest BCUT2D eigenvalue weighted by Crippen LogP contribution is -2.53. The Morgan fingerprint density at radius 3 is 2.47 bits per heavy atom. The van der Waals surface area contributed by atoms with Gasteiger partial charge in [-0.2, -0.15) is 0 Å². The van der Waals surface area contributed by atoms with E-state index in [-0.39, 0.29) is 18.0 Å². The van der Waals surface area contributed by atoms with Gasteiger partial charge in [-0.15, -0.1) is 0 Å². The van der Waals surface area contributed by atoms with Crippen LogP contribution in [-0.2, 0) is 4.79 Å². The number of piperidine rings is 1. The summed E-state index contributed by atoms with van der Waals surface area (Å²) in [6, 6.07) is 0.336. The van der Waals surface area contributed by atoms with Crippen LogP contribution in [0.25, 0.3) is 0 Å². The quantitative estimate of drug-likeness (QED) is 0.767. The highest BCUT2D eigenvalue weighted by Crippen LogP contribution is 2.24. The van der Waals surface area contributed by atoms with Crippen LogP contribution in [-0.4, -0.2) is 40.6 Å². The summed E-state index contributed by atoms with van der Waals surface area (Å²) < 4.78 is 0. The highest BCUT2D eigenvalue weighted by Gasteiger charge is 2.33. The molecule has 0 spiro atoms. The van der Waals surface area contributed by atoms with E-state index in [9.17, 15) is 9.59 Å². The third kappa shape index (κ3) is 2.70. The normalized spacial score (nSPS) is 29.6. The van der Waals surface area contributed by atoms with E-state index in [2.05, 4.69) is 5.32 Å². The van der Waals surface area contributed by atoms with Gasteiger partial charge in [-0.1, -0.05) is 0 Å². The molecule has 0 radical (unpaired) electrons. The van der Waals surface area contributed by atoms with Crippen molar-refractivity contribution in [1.29, 1.82) is 0 Å². The van der Waals surface area contributed by atoms with E-state index in [1.807, 2.05) is 6.92 Å². The van der Waals surface area contributed by atoms with Crippen LogP contribution in [0.2, 0.25) is 0 Å². The zero-order valence-electron chi connectivity index (χ0n) is 10.2. The smallest absolute Gasteiger partial charge is 0.317 e. The molecular formula is C12H20N2O3. The van der Waals surface area contributed by atoms with Crippen molar-refractivity contribution in [3.05, 3.63) is 0 Å². The highest BCUT2D eigenvalue weighted by molar-refractivity contribution is 5.76. The fourth-order valence-corrected chi connectivity index (χ4v) is 2.51. The second kappa shape index (κ2) is 4.94. The first kappa shape index (κ1) is 12.2. The summed E-state index contributed by atoms with van der Waals surface area (Å²) in [7, 11) is 0. The van der Waals surface area contributed by atoms with Crippen LogP contribution in [0.3, 0.4) is 0 Å². The summed E-state index contributed by atoms with van der Waals surface area (Å²) in [5.41, 5.74) is 0. The van der Waals surface area contributed by atoms with Gasteiger partial charge in [0.15, 0.2) is 0 Å². The number of likely N-dealkylation sites (tertiary alicyclic amines) is 1. The Balaban J connectivity index is 1.85. The van der Waals surface area contributed by atoms with Gasteiger partial charge in [0.05, 0.1) is 5.92 Å². The van der Waals surface area contributed by atoms with E-state index in [0.29, 0.717) is 25.4 Å². The number of nitrogens with zero attached hydrogens (tertiary/aromatic N) is 1. The molecule has 1 saturated heterocycles. The number of rotatable bonds is 2. The number of hydrogen-bond donors (Lipinski definition) is 2. The third-order valence-corrected chi connectivity index (χ3v) is 3.92. The zero-order valence-corrected chi connectivity index (χ0v) is 10.2. The second-order valence-corrected chi connectivity index (χ2v) is 5.18. The molecule has 1 heterocycles. The van der Waals surface area contributed by atoms with Crippen LogP contribution in [0, 0.1) is 5.92 Å². The van der Waals surface area contributed by atoms with E-state index in [1.165, 1.54) is 6.42 Å². The van der Waals surface area contributed by atoms with Gasteiger partial charge in [-0.05, 0) is 39.0 Å². The minimum Gasteiger partial charge on any atom is -0.481 e. The maximum Gasteiger partial charge on any atom is 0.317 e. The van der Waals surface area contributed by atoms with E-state index < -0.39 is 5.97 Å². The standard InChI is InChI=1S/C12H20N2O3/c1-8-7-9(11(15)16)5-6-14(8)12(17)13-10-3-2-4-10/h8-10H,2-7H2,1H3,(H,13,17)(H,15,16). The topological polar surface area (TPSA) is 69.6 Å². The van der Waals surface area contributed by atoms with Gasteiger partial charge >= 0.3 is 12.0 Å². The molecule has 2 amide bonds. The van der Waals surface area contributed by atoms with Crippen molar-refractivity contribution in [2.24, 2.45) is 5.92 Å². The Hall–Kier alpha value is -1.26. The molecule has 2 rings (SSSR count). The summed E-state index contributed by atoms with van der Waals surface area (Å²) >= 11 is 0. The molecule has 1 aliphatic heterocycles. The monoisotopic (exact) mass is 240 g/mol. The first-order chi connectivity index (χ1) is 8.08. The summed E-state index contributed by atoms with van der Waals surface area (Å²) in [6.07, 6.45) is 4.48. The lowest BCUT2D eigenvalue weighted by molar-refractivity contribution is -0.143. The van der Waals surface area contributed by atoms with Gasteiger partial charge in [-0.25, -0.2) is 4.79 Å². The number of amides is 2. The van der Waals surface area contributed by atoms with Gasteiger partial charge in [0.25, 0.3) is 0 Å². The van der Waals surface area contributed by atoms with Gasteiger partial charge < -0.3 is 15.3 Å². The van der Waals surface area contributed by atoms with Gasteiger partial charge in [0, 0.05) is 18.6 Å². The number of carbonyl (C=O) groups is 2. The molecule has 2 unspecified atom stereocenters. The molecule has 17 heavy (non-hydrogen) atoms. The number of aliphatic carboxylic acids is 1. The Bertz CT molecular complexity index is 315. The minimum absolute atomic E-state index is 0.0185.